The second kappa shape index (κ2) is 7.15. The molecule has 1 aliphatic heterocycles. The van der Waals surface area contributed by atoms with Gasteiger partial charge in [0.25, 0.3) is 5.91 Å². The van der Waals surface area contributed by atoms with E-state index in [0.29, 0.717) is 41.1 Å². The third-order valence-corrected chi connectivity index (χ3v) is 4.19. The van der Waals surface area contributed by atoms with Crippen molar-refractivity contribution in [3.8, 4) is 0 Å². The summed E-state index contributed by atoms with van der Waals surface area (Å²) in [4.78, 5) is 23.4. The molecule has 2 heterocycles. The maximum atomic E-state index is 12.5. The summed E-state index contributed by atoms with van der Waals surface area (Å²) >= 11 is 5.99. The standard InChI is InChI=1S/C17H19ClN4O2/c1-11-3-4-13(18)9-15(11)21-16(23)14-10-19-17(20-12(14)2)22-5-7-24-8-6-22/h3-4,9-10H,5-8H2,1-2H3,(H,21,23). The van der Waals surface area contributed by atoms with Crippen LogP contribution in [0.15, 0.2) is 24.4 Å². The van der Waals surface area contributed by atoms with Gasteiger partial charge in [0.05, 0.1) is 24.5 Å². The third kappa shape index (κ3) is 3.66. The van der Waals surface area contributed by atoms with Crippen molar-refractivity contribution in [1.29, 1.82) is 0 Å². The fourth-order valence-electron chi connectivity index (χ4n) is 2.51. The van der Waals surface area contributed by atoms with Crippen molar-refractivity contribution in [3.05, 3.63) is 46.2 Å². The fraction of sp³-hybridized carbons (Fsp3) is 0.353. The number of nitrogens with zero attached hydrogens (tertiary/aromatic N) is 3. The monoisotopic (exact) mass is 346 g/mol. The van der Waals surface area contributed by atoms with Crippen molar-refractivity contribution in [2.75, 3.05) is 36.5 Å². The van der Waals surface area contributed by atoms with Crippen molar-refractivity contribution in [2.24, 2.45) is 0 Å². The zero-order valence-electron chi connectivity index (χ0n) is 13.7. The number of benzene rings is 1. The summed E-state index contributed by atoms with van der Waals surface area (Å²) in [6, 6.07) is 5.38. The van der Waals surface area contributed by atoms with Crippen LogP contribution in [-0.4, -0.2) is 42.2 Å². The lowest BCUT2D eigenvalue weighted by molar-refractivity contribution is 0.102. The second-order valence-electron chi connectivity index (χ2n) is 5.68. The Morgan fingerprint density at radius 3 is 2.75 bits per heavy atom. The maximum Gasteiger partial charge on any atom is 0.259 e. The van der Waals surface area contributed by atoms with Crippen LogP contribution in [0.3, 0.4) is 0 Å². The van der Waals surface area contributed by atoms with Crippen LogP contribution < -0.4 is 10.2 Å². The molecule has 7 heteroatoms. The Morgan fingerprint density at radius 2 is 2.04 bits per heavy atom. The predicted molar refractivity (Wildman–Crippen MR) is 93.9 cm³/mol. The third-order valence-electron chi connectivity index (χ3n) is 3.95. The van der Waals surface area contributed by atoms with Gasteiger partial charge >= 0.3 is 0 Å². The number of carbonyl (C=O) groups excluding carboxylic acids is 1. The van der Waals surface area contributed by atoms with Crippen LogP contribution in [0.5, 0.6) is 0 Å². The van der Waals surface area contributed by atoms with Gasteiger partial charge in [0.2, 0.25) is 5.95 Å². The van der Waals surface area contributed by atoms with E-state index >= 15 is 0 Å². The Hall–Kier alpha value is -2.18. The van der Waals surface area contributed by atoms with Gasteiger partial charge < -0.3 is 15.0 Å². The molecular formula is C17H19ClN4O2. The van der Waals surface area contributed by atoms with Crippen LogP contribution >= 0.6 is 11.6 Å². The van der Waals surface area contributed by atoms with Crippen molar-refractivity contribution < 1.29 is 9.53 Å². The molecule has 126 valence electrons. The van der Waals surface area contributed by atoms with Crippen LogP contribution in [0, 0.1) is 13.8 Å². The normalized spacial score (nSPS) is 14.5. The van der Waals surface area contributed by atoms with E-state index in [4.69, 9.17) is 16.3 Å². The van der Waals surface area contributed by atoms with E-state index in [1.165, 1.54) is 0 Å². The zero-order chi connectivity index (χ0) is 17.1. The number of amides is 1. The molecule has 0 unspecified atom stereocenters. The number of ether oxygens (including phenoxy) is 1. The highest BCUT2D eigenvalue weighted by Gasteiger charge is 2.17. The summed E-state index contributed by atoms with van der Waals surface area (Å²) in [6.45, 7) is 6.57. The number of anilines is 2. The molecule has 3 rings (SSSR count). The highest BCUT2D eigenvalue weighted by atomic mass is 35.5. The molecular weight excluding hydrogens is 328 g/mol. The summed E-state index contributed by atoms with van der Waals surface area (Å²) in [5.74, 6) is 0.387. The van der Waals surface area contributed by atoms with Gasteiger partial charge in [-0.2, -0.15) is 0 Å². The van der Waals surface area contributed by atoms with Gasteiger partial charge in [0.1, 0.15) is 0 Å². The van der Waals surface area contributed by atoms with E-state index in [1.54, 1.807) is 18.3 Å². The Morgan fingerprint density at radius 1 is 1.29 bits per heavy atom. The minimum absolute atomic E-state index is 0.244. The molecule has 1 aromatic heterocycles. The zero-order valence-corrected chi connectivity index (χ0v) is 14.4. The van der Waals surface area contributed by atoms with E-state index in [-0.39, 0.29) is 5.91 Å². The Kier molecular flexibility index (Phi) is 4.97. The molecule has 0 saturated carbocycles. The number of aromatic nitrogens is 2. The van der Waals surface area contributed by atoms with Gasteiger partial charge in [0, 0.05) is 30.0 Å². The molecule has 1 saturated heterocycles. The molecule has 2 aromatic rings. The summed E-state index contributed by atoms with van der Waals surface area (Å²) in [7, 11) is 0. The molecule has 1 aromatic carbocycles. The molecule has 0 atom stereocenters. The van der Waals surface area contributed by atoms with E-state index in [9.17, 15) is 4.79 Å². The Balaban J connectivity index is 1.78. The predicted octanol–water partition coefficient (Wildman–Crippen LogP) is 2.84. The van der Waals surface area contributed by atoms with E-state index < -0.39 is 0 Å². The van der Waals surface area contributed by atoms with Crippen molar-refractivity contribution in [2.45, 2.75) is 13.8 Å². The fourth-order valence-corrected chi connectivity index (χ4v) is 2.68. The highest BCUT2D eigenvalue weighted by Crippen LogP contribution is 2.21. The van der Waals surface area contributed by atoms with Crippen LogP contribution in [0.4, 0.5) is 11.6 Å². The smallest absolute Gasteiger partial charge is 0.259 e. The van der Waals surface area contributed by atoms with E-state index in [0.717, 1.165) is 18.7 Å². The lowest BCUT2D eigenvalue weighted by Crippen LogP contribution is -2.37. The number of hydrogen-bond donors (Lipinski definition) is 1. The summed E-state index contributed by atoms with van der Waals surface area (Å²) in [5.41, 5.74) is 2.72. The number of nitrogens with one attached hydrogen (secondary N) is 1. The summed E-state index contributed by atoms with van der Waals surface area (Å²) in [6.07, 6.45) is 1.57. The quantitative estimate of drug-likeness (QED) is 0.925. The molecule has 24 heavy (non-hydrogen) atoms. The molecule has 0 radical (unpaired) electrons. The van der Waals surface area contributed by atoms with Crippen molar-refractivity contribution in [1.82, 2.24) is 9.97 Å². The van der Waals surface area contributed by atoms with Gasteiger partial charge in [-0.25, -0.2) is 9.97 Å². The molecule has 1 amide bonds. The minimum atomic E-state index is -0.244. The van der Waals surface area contributed by atoms with Crippen molar-refractivity contribution >= 4 is 29.1 Å². The molecule has 6 nitrogen and oxygen atoms in total. The van der Waals surface area contributed by atoms with E-state index in [1.807, 2.05) is 19.9 Å². The first-order chi connectivity index (χ1) is 11.5. The molecule has 1 aliphatic rings. The van der Waals surface area contributed by atoms with Crippen LogP contribution in [0.2, 0.25) is 5.02 Å². The first-order valence-electron chi connectivity index (χ1n) is 7.78. The molecule has 0 aliphatic carbocycles. The number of rotatable bonds is 3. The Bertz CT molecular complexity index is 760. The first kappa shape index (κ1) is 16.7. The van der Waals surface area contributed by atoms with Gasteiger partial charge in [-0.3, -0.25) is 4.79 Å². The van der Waals surface area contributed by atoms with Gasteiger partial charge in [-0.15, -0.1) is 0 Å². The van der Waals surface area contributed by atoms with Gasteiger partial charge in [-0.1, -0.05) is 17.7 Å². The SMILES string of the molecule is Cc1ccc(Cl)cc1NC(=O)c1cnc(N2CCOCC2)nc1C. The topological polar surface area (TPSA) is 67.4 Å². The number of aryl methyl sites for hydroxylation is 2. The van der Waals surface area contributed by atoms with E-state index in [2.05, 4.69) is 20.2 Å². The highest BCUT2D eigenvalue weighted by molar-refractivity contribution is 6.31. The van der Waals surface area contributed by atoms with Crippen LogP contribution in [0.1, 0.15) is 21.6 Å². The number of morpholine rings is 1. The minimum Gasteiger partial charge on any atom is -0.378 e. The summed E-state index contributed by atoms with van der Waals surface area (Å²) in [5, 5.41) is 3.45. The average molecular weight is 347 g/mol. The average Bonchev–Trinajstić information content (AvgIpc) is 2.58. The first-order valence-corrected chi connectivity index (χ1v) is 8.16. The maximum absolute atomic E-state index is 12.5. The summed E-state index contributed by atoms with van der Waals surface area (Å²) < 4.78 is 5.33. The second-order valence-corrected chi connectivity index (χ2v) is 6.12. The number of carbonyl (C=O) groups is 1. The van der Waals surface area contributed by atoms with Gasteiger partial charge in [0.15, 0.2) is 0 Å². The van der Waals surface area contributed by atoms with Crippen molar-refractivity contribution in [3.63, 3.8) is 0 Å². The Labute approximate surface area is 145 Å². The number of halogens is 1. The molecule has 0 spiro atoms. The molecule has 1 N–H and O–H groups in total. The molecule has 1 fully saturated rings. The lowest BCUT2D eigenvalue weighted by atomic mass is 10.1. The largest absolute Gasteiger partial charge is 0.378 e. The van der Waals surface area contributed by atoms with Gasteiger partial charge in [-0.05, 0) is 31.5 Å². The molecule has 0 bridgehead atoms. The van der Waals surface area contributed by atoms with Crippen LogP contribution in [-0.2, 0) is 4.74 Å². The van der Waals surface area contributed by atoms with Crippen LogP contribution in [0.25, 0.3) is 0 Å². The lowest BCUT2D eigenvalue weighted by Gasteiger charge is -2.27. The number of hydrogen-bond acceptors (Lipinski definition) is 5.